The molecule has 1 heterocycles. The van der Waals surface area contributed by atoms with Crippen molar-refractivity contribution < 1.29 is 13.2 Å². The van der Waals surface area contributed by atoms with Crippen LogP contribution < -0.4 is 9.46 Å². The first-order valence-electron chi connectivity index (χ1n) is 7.42. The van der Waals surface area contributed by atoms with E-state index in [9.17, 15) is 8.42 Å². The van der Waals surface area contributed by atoms with Gasteiger partial charge in [-0.05, 0) is 42.0 Å². The Morgan fingerprint density at radius 1 is 1.20 bits per heavy atom. The van der Waals surface area contributed by atoms with Crippen molar-refractivity contribution in [3.05, 3.63) is 71.0 Å². The van der Waals surface area contributed by atoms with Crippen LogP contribution in [0.1, 0.15) is 5.56 Å². The standard InChI is InChI=1S/C17H16BrN3O3S/c1-24-16-8-5-14(18)11-17(16)25(22,23)20-12-13-3-6-15(7-4-13)21-10-2-9-19-21/h2-11,20H,12H2,1H3. The second-order valence-corrected chi connectivity index (χ2v) is 7.89. The van der Waals surface area contributed by atoms with E-state index in [0.717, 1.165) is 11.3 Å². The molecule has 0 unspecified atom stereocenters. The molecule has 1 aromatic heterocycles. The smallest absolute Gasteiger partial charge is 0.244 e. The van der Waals surface area contributed by atoms with Crippen LogP contribution in [0.3, 0.4) is 0 Å². The molecule has 130 valence electrons. The first kappa shape index (κ1) is 17.7. The van der Waals surface area contributed by atoms with Crippen molar-refractivity contribution in [2.24, 2.45) is 0 Å². The molecule has 25 heavy (non-hydrogen) atoms. The maximum Gasteiger partial charge on any atom is 0.244 e. The van der Waals surface area contributed by atoms with Crippen LogP contribution in [0.5, 0.6) is 5.75 Å². The molecular weight excluding hydrogens is 406 g/mol. The van der Waals surface area contributed by atoms with Gasteiger partial charge in [0.2, 0.25) is 10.0 Å². The van der Waals surface area contributed by atoms with Gasteiger partial charge >= 0.3 is 0 Å². The lowest BCUT2D eigenvalue weighted by molar-refractivity contribution is 0.402. The van der Waals surface area contributed by atoms with E-state index in [4.69, 9.17) is 4.74 Å². The molecule has 0 aliphatic carbocycles. The molecule has 0 bridgehead atoms. The van der Waals surface area contributed by atoms with Crippen molar-refractivity contribution in [2.45, 2.75) is 11.4 Å². The molecule has 8 heteroatoms. The third kappa shape index (κ3) is 4.09. The SMILES string of the molecule is COc1ccc(Br)cc1S(=O)(=O)NCc1ccc(-n2cccn2)cc1. The lowest BCUT2D eigenvalue weighted by atomic mass is 10.2. The fraction of sp³-hybridized carbons (Fsp3) is 0.118. The second-order valence-electron chi connectivity index (χ2n) is 5.24. The molecule has 0 amide bonds. The number of rotatable bonds is 6. The first-order chi connectivity index (χ1) is 12.0. The van der Waals surface area contributed by atoms with Crippen molar-refractivity contribution in [1.29, 1.82) is 0 Å². The minimum atomic E-state index is -3.70. The number of ether oxygens (including phenoxy) is 1. The van der Waals surface area contributed by atoms with Crippen molar-refractivity contribution in [3.8, 4) is 11.4 Å². The summed E-state index contributed by atoms with van der Waals surface area (Å²) in [5, 5.41) is 4.16. The zero-order valence-electron chi connectivity index (χ0n) is 13.4. The monoisotopic (exact) mass is 421 g/mol. The molecule has 0 aliphatic rings. The Balaban J connectivity index is 1.75. The second kappa shape index (κ2) is 7.38. The average Bonchev–Trinajstić information content (AvgIpc) is 3.15. The van der Waals surface area contributed by atoms with Gasteiger partial charge in [0.25, 0.3) is 0 Å². The highest BCUT2D eigenvalue weighted by Crippen LogP contribution is 2.27. The van der Waals surface area contributed by atoms with E-state index in [2.05, 4.69) is 25.8 Å². The maximum absolute atomic E-state index is 12.6. The maximum atomic E-state index is 12.6. The molecule has 0 spiro atoms. The third-order valence-corrected chi connectivity index (χ3v) is 5.50. The number of aromatic nitrogens is 2. The lowest BCUT2D eigenvalue weighted by Gasteiger charge is -2.11. The van der Waals surface area contributed by atoms with Gasteiger partial charge in [-0.15, -0.1) is 0 Å². The molecule has 0 saturated carbocycles. The van der Waals surface area contributed by atoms with Crippen LogP contribution in [0.2, 0.25) is 0 Å². The van der Waals surface area contributed by atoms with Crippen LogP contribution in [-0.2, 0) is 16.6 Å². The number of nitrogens with one attached hydrogen (secondary N) is 1. The molecule has 1 N–H and O–H groups in total. The summed E-state index contributed by atoms with van der Waals surface area (Å²) in [5.41, 5.74) is 1.75. The summed E-state index contributed by atoms with van der Waals surface area (Å²) in [5.74, 6) is 0.296. The average molecular weight is 422 g/mol. The fourth-order valence-corrected chi connectivity index (χ4v) is 4.03. The van der Waals surface area contributed by atoms with E-state index in [1.807, 2.05) is 36.5 Å². The molecule has 0 fully saturated rings. The Labute approximate surface area is 154 Å². The highest BCUT2D eigenvalue weighted by atomic mass is 79.9. The highest BCUT2D eigenvalue weighted by molar-refractivity contribution is 9.10. The van der Waals surface area contributed by atoms with Gasteiger partial charge in [-0.3, -0.25) is 0 Å². The predicted molar refractivity (Wildman–Crippen MR) is 98.3 cm³/mol. The Morgan fingerprint density at radius 3 is 2.60 bits per heavy atom. The van der Waals surface area contributed by atoms with E-state index in [1.54, 1.807) is 23.0 Å². The van der Waals surface area contributed by atoms with E-state index in [1.165, 1.54) is 13.2 Å². The zero-order chi connectivity index (χ0) is 17.9. The van der Waals surface area contributed by atoms with Gasteiger partial charge in [0.1, 0.15) is 10.6 Å². The minimum Gasteiger partial charge on any atom is -0.495 e. The summed E-state index contributed by atoms with van der Waals surface area (Å²) in [6.45, 7) is 0.178. The Kier molecular flexibility index (Phi) is 5.22. The van der Waals surface area contributed by atoms with Crippen molar-refractivity contribution in [3.63, 3.8) is 0 Å². The van der Waals surface area contributed by atoms with Gasteiger partial charge in [0.05, 0.1) is 12.8 Å². The predicted octanol–water partition coefficient (Wildman–Crippen LogP) is 3.12. The van der Waals surface area contributed by atoms with E-state index >= 15 is 0 Å². The minimum absolute atomic E-state index is 0.0949. The van der Waals surface area contributed by atoms with E-state index in [0.29, 0.717) is 10.2 Å². The van der Waals surface area contributed by atoms with Crippen LogP contribution in [0, 0.1) is 0 Å². The molecule has 0 saturated heterocycles. The summed E-state index contributed by atoms with van der Waals surface area (Å²) < 4.78 is 35.3. The molecule has 0 radical (unpaired) electrons. The molecule has 0 aliphatic heterocycles. The van der Waals surface area contributed by atoms with Crippen LogP contribution in [-0.4, -0.2) is 25.3 Å². The number of halogens is 1. The van der Waals surface area contributed by atoms with Gasteiger partial charge in [-0.25, -0.2) is 17.8 Å². The third-order valence-electron chi connectivity index (χ3n) is 3.59. The molecule has 2 aromatic carbocycles. The summed E-state index contributed by atoms with van der Waals surface area (Å²) in [6.07, 6.45) is 3.55. The van der Waals surface area contributed by atoms with Gasteiger partial charge in [0.15, 0.2) is 0 Å². The normalized spacial score (nSPS) is 11.4. The summed E-state index contributed by atoms with van der Waals surface area (Å²) in [7, 11) is -2.26. The number of hydrogen-bond donors (Lipinski definition) is 1. The van der Waals surface area contributed by atoms with Gasteiger partial charge in [0, 0.05) is 23.4 Å². The van der Waals surface area contributed by atoms with Crippen molar-refractivity contribution in [2.75, 3.05) is 7.11 Å². The fourth-order valence-electron chi connectivity index (χ4n) is 2.30. The van der Waals surface area contributed by atoms with Crippen molar-refractivity contribution in [1.82, 2.24) is 14.5 Å². The van der Waals surface area contributed by atoms with E-state index in [-0.39, 0.29) is 11.4 Å². The van der Waals surface area contributed by atoms with Crippen LogP contribution in [0.15, 0.2) is 70.3 Å². The van der Waals surface area contributed by atoms with Crippen LogP contribution in [0.25, 0.3) is 5.69 Å². The summed E-state index contributed by atoms with van der Waals surface area (Å²) in [4.78, 5) is 0.0949. The number of nitrogens with zero attached hydrogens (tertiary/aromatic N) is 2. The zero-order valence-corrected chi connectivity index (χ0v) is 15.8. The summed E-state index contributed by atoms with van der Waals surface area (Å²) in [6, 6.07) is 14.2. The van der Waals surface area contributed by atoms with Gasteiger partial charge in [-0.2, -0.15) is 5.10 Å². The topological polar surface area (TPSA) is 73.2 Å². The number of methoxy groups -OCH3 is 1. The highest BCUT2D eigenvalue weighted by Gasteiger charge is 2.19. The van der Waals surface area contributed by atoms with Crippen LogP contribution in [0.4, 0.5) is 0 Å². The van der Waals surface area contributed by atoms with Gasteiger partial charge in [-0.1, -0.05) is 28.1 Å². The number of hydrogen-bond acceptors (Lipinski definition) is 4. The molecule has 0 atom stereocenters. The van der Waals surface area contributed by atoms with E-state index < -0.39 is 10.0 Å². The first-order valence-corrected chi connectivity index (χ1v) is 9.69. The molecule has 3 rings (SSSR count). The Hall–Kier alpha value is -2.16. The Morgan fingerprint density at radius 2 is 1.96 bits per heavy atom. The molecule has 3 aromatic rings. The number of sulfonamides is 1. The van der Waals surface area contributed by atoms with Gasteiger partial charge < -0.3 is 4.74 Å². The largest absolute Gasteiger partial charge is 0.495 e. The molecule has 6 nitrogen and oxygen atoms in total. The van der Waals surface area contributed by atoms with Crippen LogP contribution >= 0.6 is 15.9 Å². The summed E-state index contributed by atoms with van der Waals surface area (Å²) >= 11 is 3.28. The number of benzene rings is 2. The lowest BCUT2D eigenvalue weighted by Crippen LogP contribution is -2.23. The quantitative estimate of drug-likeness (QED) is 0.663. The molecular formula is C17H16BrN3O3S. The Bertz CT molecular complexity index is 955. The van der Waals surface area contributed by atoms with Crippen molar-refractivity contribution >= 4 is 26.0 Å².